The molecule has 0 unspecified atom stereocenters. The van der Waals surface area contributed by atoms with Gasteiger partial charge < -0.3 is 14.8 Å². The number of anilines is 1. The Morgan fingerprint density at radius 2 is 1.35 bits per heavy atom. The fourth-order valence-electron chi connectivity index (χ4n) is 2.71. The Labute approximate surface area is 155 Å². The van der Waals surface area contributed by atoms with Crippen LogP contribution in [0.3, 0.4) is 0 Å². The summed E-state index contributed by atoms with van der Waals surface area (Å²) in [4.78, 5) is 0. The average Bonchev–Trinajstić information content (AvgIpc) is 2.71. The van der Waals surface area contributed by atoms with Crippen molar-refractivity contribution in [3.05, 3.63) is 90.5 Å². The molecule has 3 heteroatoms. The predicted octanol–water partition coefficient (Wildman–Crippen LogP) is 5.19. The molecule has 3 aromatic rings. The Morgan fingerprint density at radius 1 is 0.654 bits per heavy atom. The highest BCUT2D eigenvalue weighted by Crippen LogP contribution is 2.23. The third kappa shape index (κ3) is 5.85. The SMILES string of the molecule is c1ccc(CCCOc2ccccc2NCCOc2ccccc2)cc1. The minimum Gasteiger partial charge on any atom is -0.492 e. The quantitative estimate of drug-likeness (QED) is 0.512. The van der Waals surface area contributed by atoms with E-state index >= 15 is 0 Å². The Balaban J connectivity index is 1.41. The van der Waals surface area contributed by atoms with E-state index < -0.39 is 0 Å². The van der Waals surface area contributed by atoms with Gasteiger partial charge in [-0.1, -0.05) is 60.7 Å². The molecule has 26 heavy (non-hydrogen) atoms. The molecular formula is C23H25NO2. The van der Waals surface area contributed by atoms with E-state index in [1.807, 2.05) is 60.7 Å². The zero-order valence-corrected chi connectivity index (χ0v) is 14.9. The van der Waals surface area contributed by atoms with E-state index in [0.29, 0.717) is 13.2 Å². The van der Waals surface area contributed by atoms with Crippen molar-refractivity contribution in [2.45, 2.75) is 12.8 Å². The Kier molecular flexibility index (Phi) is 6.97. The molecule has 0 aliphatic carbocycles. The summed E-state index contributed by atoms with van der Waals surface area (Å²) in [6.45, 7) is 2.03. The number of aryl methyl sites for hydroxylation is 1. The number of ether oxygens (including phenoxy) is 2. The van der Waals surface area contributed by atoms with Crippen LogP contribution in [0.1, 0.15) is 12.0 Å². The first kappa shape index (κ1) is 17.9. The molecule has 0 atom stereocenters. The highest BCUT2D eigenvalue weighted by atomic mass is 16.5. The fraction of sp³-hybridized carbons (Fsp3) is 0.217. The molecule has 1 N–H and O–H groups in total. The maximum Gasteiger partial charge on any atom is 0.142 e. The molecule has 3 nitrogen and oxygen atoms in total. The molecule has 134 valence electrons. The molecule has 0 aliphatic rings. The normalized spacial score (nSPS) is 10.3. The van der Waals surface area contributed by atoms with Gasteiger partial charge in [0.25, 0.3) is 0 Å². The summed E-state index contributed by atoms with van der Waals surface area (Å²) in [6.07, 6.45) is 2.02. The van der Waals surface area contributed by atoms with Gasteiger partial charge in [-0.3, -0.25) is 0 Å². The van der Waals surface area contributed by atoms with Crippen LogP contribution in [0.4, 0.5) is 5.69 Å². The topological polar surface area (TPSA) is 30.5 Å². The zero-order valence-electron chi connectivity index (χ0n) is 14.9. The highest BCUT2D eigenvalue weighted by molar-refractivity contribution is 5.56. The second kappa shape index (κ2) is 10.1. The number of hydrogen-bond acceptors (Lipinski definition) is 3. The van der Waals surface area contributed by atoms with Crippen LogP contribution in [0.25, 0.3) is 0 Å². The number of hydrogen-bond donors (Lipinski definition) is 1. The molecule has 3 aromatic carbocycles. The van der Waals surface area contributed by atoms with Crippen LogP contribution in [0.5, 0.6) is 11.5 Å². The lowest BCUT2D eigenvalue weighted by atomic mass is 10.1. The van der Waals surface area contributed by atoms with Gasteiger partial charge in [-0.15, -0.1) is 0 Å². The molecule has 0 spiro atoms. The van der Waals surface area contributed by atoms with E-state index in [1.54, 1.807) is 0 Å². The monoisotopic (exact) mass is 347 g/mol. The summed E-state index contributed by atoms with van der Waals surface area (Å²) in [6, 6.07) is 28.4. The maximum absolute atomic E-state index is 5.97. The molecular weight excluding hydrogens is 322 g/mol. The van der Waals surface area contributed by atoms with E-state index in [4.69, 9.17) is 9.47 Å². The van der Waals surface area contributed by atoms with Gasteiger partial charge in [-0.25, -0.2) is 0 Å². The van der Waals surface area contributed by atoms with Crippen molar-refractivity contribution < 1.29 is 9.47 Å². The van der Waals surface area contributed by atoms with Crippen LogP contribution >= 0.6 is 0 Å². The molecule has 3 rings (SSSR count). The van der Waals surface area contributed by atoms with Gasteiger partial charge >= 0.3 is 0 Å². The first-order valence-corrected chi connectivity index (χ1v) is 9.09. The number of rotatable bonds is 10. The van der Waals surface area contributed by atoms with Crippen molar-refractivity contribution in [2.24, 2.45) is 0 Å². The van der Waals surface area contributed by atoms with Crippen LogP contribution in [-0.4, -0.2) is 19.8 Å². The van der Waals surface area contributed by atoms with Crippen molar-refractivity contribution in [2.75, 3.05) is 25.1 Å². The minimum atomic E-state index is 0.604. The third-order valence-electron chi connectivity index (χ3n) is 4.03. The Morgan fingerprint density at radius 3 is 2.15 bits per heavy atom. The number of nitrogens with one attached hydrogen (secondary N) is 1. The largest absolute Gasteiger partial charge is 0.492 e. The number of para-hydroxylation sites is 3. The summed E-state index contributed by atoms with van der Waals surface area (Å²) < 4.78 is 11.7. The summed E-state index contributed by atoms with van der Waals surface area (Å²) >= 11 is 0. The molecule has 0 amide bonds. The van der Waals surface area contributed by atoms with E-state index in [0.717, 1.165) is 36.6 Å². The first-order chi connectivity index (χ1) is 12.9. The lowest BCUT2D eigenvalue weighted by Gasteiger charge is -2.13. The van der Waals surface area contributed by atoms with Gasteiger partial charge in [0.2, 0.25) is 0 Å². The third-order valence-corrected chi connectivity index (χ3v) is 4.03. The summed E-state index contributed by atoms with van der Waals surface area (Å²) in [7, 11) is 0. The average molecular weight is 347 g/mol. The summed E-state index contributed by atoms with van der Waals surface area (Å²) in [5.74, 6) is 1.78. The van der Waals surface area contributed by atoms with Crippen LogP contribution in [0.15, 0.2) is 84.9 Å². The molecule has 0 fully saturated rings. The lowest BCUT2D eigenvalue weighted by Crippen LogP contribution is -2.12. The molecule has 0 radical (unpaired) electrons. The van der Waals surface area contributed by atoms with Gasteiger partial charge in [0.05, 0.1) is 12.3 Å². The van der Waals surface area contributed by atoms with Gasteiger partial charge in [0, 0.05) is 6.54 Å². The maximum atomic E-state index is 5.97. The second-order valence-electron chi connectivity index (χ2n) is 6.02. The number of benzene rings is 3. The molecule has 0 bridgehead atoms. The van der Waals surface area contributed by atoms with Crippen molar-refractivity contribution in [3.8, 4) is 11.5 Å². The smallest absolute Gasteiger partial charge is 0.142 e. The lowest BCUT2D eigenvalue weighted by molar-refractivity contribution is 0.311. The van der Waals surface area contributed by atoms with Crippen LogP contribution in [0, 0.1) is 0 Å². The molecule has 0 aliphatic heterocycles. The van der Waals surface area contributed by atoms with Crippen molar-refractivity contribution in [3.63, 3.8) is 0 Å². The Hall–Kier alpha value is -2.94. The predicted molar refractivity (Wildman–Crippen MR) is 107 cm³/mol. The van der Waals surface area contributed by atoms with Crippen LogP contribution < -0.4 is 14.8 Å². The highest BCUT2D eigenvalue weighted by Gasteiger charge is 2.03. The minimum absolute atomic E-state index is 0.604. The molecule has 0 heterocycles. The zero-order chi connectivity index (χ0) is 17.9. The van der Waals surface area contributed by atoms with Crippen molar-refractivity contribution >= 4 is 5.69 Å². The van der Waals surface area contributed by atoms with E-state index in [9.17, 15) is 0 Å². The first-order valence-electron chi connectivity index (χ1n) is 9.09. The molecule has 0 saturated carbocycles. The standard InChI is InChI=1S/C23H25NO2/c1-3-10-20(11-4-1)12-9-18-26-23-16-8-7-15-22(23)24-17-19-25-21-13-5-2-6-14-21/h1-8,10-11,13-16,24H,9,12,17-19H2. The molecule has 0 saturated heterocycles. The van der Waals surface area contributed by atoms with E-state index in [1.165, 1.54) is 5.56 Å². The second-order valence-corrected chi connectivity index (χ2v) is 6.02. The van der Waals surface area contributed by atoms with Gasteiger partial charge in [-0.2, -0.15) is 0 Å². The van der Waals surface area contributed by atoms with Gasteiger partial charge in [0.15, 0.2) is 0 Å². The van der Waals surface area contributed by atoms with Crippen LogP contribution in [0.2, 0.25) is 0 Å². The Bertz CT molecular complexity index is 693. The van der Waals surface area contributed by atoms with Crippen molar-refractivity contribution in [1.29, 1.82) is 0 Å². The van der Waals surface area contributed by atoms with Crippen LogP contribution in [-0.2, 0) is 6.42 Å². The fourth-order valence-corrected chi connectivity index (χ4v) is 2.71. The van der Waals surface area contributed by atoms with E-state index in [-0.39, 0.29) is 0 Å². The van der Waals surface area contributed by atoms with Gasteiger partial charge in [0.1, 0.15) is 18.1 Å². The summed E-state index contributed by atoms with van der Waals surface area (Å²) in [5, 5.41) is 3.39. The van der Waals surface area contributed by atoms with Crippen molar-refractivity contribution in [1.82, 2.24) is 0 Å². The van der Waals surface area contributed by atoms with E-state index in [2.05, 4.69) is 29.6 Å². The molecule has 0 aromatic heterocycles. The summed E-state index contributed by atoms with van der Waals surface area (Å²) in [5.41, 5.74) is 2.35. The van der Waals surface area contributed by atoms with Gasteiger partial charge in [-0.05, 0) is 42.7 Å².